The lowest BCUT2D eigenvalue weighted by Gasteiger charge is -2.23. The van der Waals surface area contributed by atoms with E-state index in [1.165, 1.54) is 11.5 Å². The molecule has 8 heteroatoms. The number of aromatic nitrogens is 4. The molecule has 7 nitrogen and oxygen atoms in total. The molecule has 0 aromatic carbocycles. The van der Waals surface area contributed by atoms with Crippen LogP contribution in [-0.4, -0.2) is 39.3 Å². The average molecular weight is 306 g/mol. The van der Waals surface area contributed by atoms with Gasteiger partial charge >= 0.3 is 0 Å². The van der Waals surface area contributed by atoms with E-state index in [4.69, 9.17) is 4.74 Å². The van der Waals surface area contributed by atoms with Crippen LogP contribution in [0.5, 0.6) is 0 Å². The van der Waals surface area contributed by atoms with Crippen molar-refractivity contribution in [3.63, 3.8) is 0 Å². The molecule has 3 heterocycles. The van der Waals surface area contributed by atoms with Gasteiger partial charge in [0.05, 0.1) is 29.4 Å². The van der Waals surface area contributed by atoms with Gasteiger partial charge in [-0.3, -0.25) is 0 Å². The normalized spacial score (nSPS) is 18.7. The summed E-state index contributed by atoms with van der Waals surface area (Å²) in [4.78, 5) is 10.0. The summed E-state index contributed by atoms with van der Waals surface area (Å²) < 4.78 is 9.68. The van der Waals surface area contributed by atoms with E-state index < -0.39 is 0 Å². The van der Waals surface area contributed by atoms with Gasteiger partial charge in [-0.25, -0.2) is 9.97 Å². The van der Waals surface area contributed by atoms with Crippen molar-refractivity contribution >= 4 is 17.4 Å². The van der Waals surface area contributed by atoms with Gasteiger partial charge in [0.1, 0.15) is 17.7 Å². The minimum absolute atomic E-state index is 0.00666. The maximum atomic E-state index is 5.74. The van der Waals surface area contributed by atoms with E-state index in [1.54, 1.807) is 0 Å². The van der Waals surface area contributed by atoms with E-state index >= 15 is 0 Å². The molecule has 2 N–H and O–H groups in total. The molecular weight excluding hydrogens is 288 g/mol. The quantitative estimate of drug-likeness (QED) is 0.878. The van der Waals surface area contributed by atoms with E-state index in [1.807, 2.05) is 19.9 Å². The molecule has 0 radical (unpaired) electrons. The second-order valence-electron chi connectivity index (χ2n) is 4.92. The Kier molecular flexibility index (Phi) is 4.37. The first-order chi connectivity index (χ1) is 10.2. The van der Waals surface area contributed by atoms with Crippen LogP contribution in [0.25, 0.3) is 0 Å². The van der Waals surface area contributed by atoms with Crippen molar-refractivity contribution in [3.8, 4) is 0 Å². The molecule has 0 bridgehead atoms. The Hall–Kier alpha value is -1.64. The van der Waals surface area contributed by atoms with Gasteiger partial charge in [0.2, 0.25) is 0 Å². The number of hydrogen-bond acceptors (Lipinski definition) is 8. The third-order valence-electron chi connectivity index (χ3n) is 3.29. The molecule has 1 fully saturated rings. The predicted octanol–water partition coefficient (Wildman–Crippen LogP) is 1.22. The highest BCUT2D eigenvalue weighted by molar-refractivity contribution is 7.05. The fraction of sp³-hybridized carbons (Fsp3) is 0.538. The fourth-order valence-corrected chi connectivity index (χ4v) is 2.76. The molecule has 112 valence electrons. The van der Waals surface area contributed by atoms with Crippen LogP contribution in [0.1, 0.15) is 28.2 Å². The van der Waals surface area contributed by atoms with Gasteiger partial charge in [0, 0.05) is 19.2 Å². The molecular formula is C13H18N6OS. The van der Waals surface area contributed by atoms with Gasteiger partial charge < -0.3 is 15.4 Å². The predicted molar refractivity (Wildman–Crippen MR) is 80.3 cm³/mol. The minimum Gasteiger partial charge on any atom is -0.369 e. The Morgan fingerprint density at radius 2 is 2.33 bits per heavy atom. The maximum Gasteiger partial charge on any atom is 0.130 e. The van der Waals surface area contributed by atoms with Crippen LogP contribution >= 0.6 is 11.5 Å². The summed E-state index contributed by atoms with van der Waals surface area (Å²) in [5.74, 6) is 1.54. The lowest BCUT2D eigenvalue weighted by molar-refractivity contribution is 0.0249. The number of nitrogens with one attached hydrogen (secondary N) is 2. The van der Waals surface area contributed by atoms with Gasteiger partial charge in [-0.15, -0.1) is 5.10 Å². The summed E-state index contributed by atoms with van der Waals surface area (Å²) >= 11 is 1.40. The van der Waals surface area contributed by atoms with E-state index in [2.05, 4.69) is 30.2 Å². The van der Waals surface area contributed by atoms with Gasteiger partial charge in [-0.1, -0.05) is 4.49 Å². The van der Waals surface area contributed by atoms with E-state index in [0.717, 1.165) is 41.0 Å². The highest BCUT2D eigenvalue weighted by atomic mass is 32.1. The smallest absolute Gasteiger partial charge is 0.130 e. The van der Waals surface area contributed by atoms with Crippen molar-refractivity contribution in [1.29, 1.82) is 0 Å². The standard InChI is InChI=1S/C13H18N6OS/c1-8-12(21-19-18-8)7-15-13-5-10(16-9(2)17-13)11-6-14-3-4-20-11/h5,11,14H,3-4,6-7H2,1-2H3,(H,15,16,17). The minimum atomic E-state index is -0.00666. The Labute approximate surface area is 127 Å². The SMILES string of the molecule is Cc1nc(NCc2snnc2C)cc(C2CNCCO2)n1. The first-order valence-electron chi connectivity index (χ1n) is 6.92. The molecule has 2 aromatic heterocycles. The van der Waals surface area contributed by atoms with Crippen LogP contribution in [-0.2, 0) is 11.3 Å². The molecule has 1 unspecified atom stereocenters. The molecule has 1 aliphatic heterocycles. The van der Waals surface area contributed by atoms with Crippen LogP contribution in [0.3, 0.4) is 0 Å². The zero-order chi connectivity index (χ0) is 14.7. The van der Waals surface area contributed by atoms with Gasteiger partial charge in [0.15, 0.2) is 0 Å². The highest BCUT2D eigenvalue weighted by Crippen LogP contribution is 2.20. The molecule has 2 aromatic rings. The lowest BCUT2D eigenvalue weighted by atomic mass is 10.2. The van der Waals surface area contributed by atoms with Crippen LogP contribution in [0.2, 0.25) is 0 Å². The van der Waals surface area contributed by atoms with Crippen LogP contribution in [0, 0.1) is 13.8 Å². The molecule has 1 atom stereocenters. The topological polar surface area (TPSA) is 84.9 Å². The number of morpholine rings is 1. The van der Waals surface area contributed by atoms with E-state index in [9.17, 15) is 0 Å². The number of aryl methyl sites for hydroxylation is 2. The highest BCUT2D eigenvalue weighted by Gasteiger charge is 2.18. The monoisotopic (exact) mass is 306 g/mol. The number of anilines is 1. The summed E-state index contributed by atoms with van der Waals surface area (Å²) in [6.07, 6.45) is -0.00666. The maximum absolute atomic E-state index is 5.74. The zero-order valence-electron chi connectivity index (χ0n) is 12.1. The summed E-state index contributed by atoms with van der Waals surface area (Å²) in [6, 6.07) is 1.95. The van der Waals surface area contributed by atoms with Crippen LogP contribution in [0.4, 0.5) is 5.82 Å². The Balaban J connectivity index is 1.73. The largest absolute Gasteiger partial charge is 0.369 e. The van der Waals surface area contributed by atoms with Crippen molar-refractivity contribution in [2.45, 2.75) is 26.5 Å². The second-order valence-corrected chi connectivity index (χ2v) is 5.76. The zero-order valence-corrected chi connectivity index (χ0v) is 12.9. The summed E-state index contributed by atoms with van der Waals surface area (Å²) in [6.45, 7) is 6.91. The van der Waals surface area contributed by atoms with Crippen molar-refractivity contribution in [2.24, 2.45) is 0 Å². The first-order valence-corrected chi connectivity index (χ1v) is 7.69. The first kappa shape index (κ1) is 14.3. The van der Waals surface area contributed by atoms with Crippen molar-refractivity contribution in [2.75, 3.05) is 25.0 Å². The van der Waals surface area contributed by atoms with Crippen molar-refractivity contribution < 1.29 is 4.74 Å². The molecule has 1 aliphatic rings. The van der Waals surface area contributed by atoms with Crippen molar-refractivity contribution in [3.05, 3.63) is 28.2 Å². The summed E-state index contributed by atoms with van der Waals surface area (Å²) in [7, 11) is 0. The molecule has 1 saturated heterocycles. The number of rotatable bonds is 4. The van der Waals surface area contributed by atoms with E-state index in [0.29, 0.717) is 13.2 Å². The number of ether oxygens (including phenoxy) is 1. The van der Waals surface area contributed by atoms with Crippen molar-refractivity contribution in [1.82, 2.24) is 24.9 Å². The summed E-state index contributed by atoms with van der Waals surface area (Å²) in [5.41, 5.74) is 1.87. The molecule has 21 heavy (non-hydrogen) atoms. The van der Waals surface area contributed by atoms with Crippen LogP contribution in [0.15, 0.2) is 6.07 Å². The van der Waals surface area contributed by atoms with Gasteiger partial charge in [-0.2, -0.15) is 0 Å². The molecule has 0 saturated carbocycles. The van der Waals surface area contributed by atoms with Crippen LogP contribution < -0.4 is 10.6 Å². The van der Waals surface area contributed by atoms with Gasteiger partial charge in [0.25, 0.3) is 0 Å². The second kappa shape index (κ2) is 6.42. The lowest BCUT2D eigenvalue weighted by Crippen LogP contribution is -2.34. The Morgan fingerprint density at radius 3 is 3.05 bits per heavy atom. The van der Waals surface area contributed by atoms with E-state index in [-0.39, 0.29) is 6.10 Å². The Morgan fingerprint density at radius 1 is 1.43 bits per heavy atom. The number of hydrogen-bond donors (Lipinski definition) is 2. The molecule has 3 rings (SSSR count). The number of nitrogens with zero attached hydrogens (tertiary/aromatic N) is 4. The van der Waals surface area contributed by atoms with Gasteiger partial charge in [-0.05, 0) is 25.4 Å². The molecule has 0 aliphatic carbocycles. The Bertz CT molecular complexity index is 610. The summed E-state index contributed by atoms with van der Waals surface area (Å²) in [5, 5.41) is 10.6. The fourth-order valence-electron chi connectivity index (χ4n) is 2.19. The molecule has 0 amide bonds. The molecule has 0 spiro atoms. The third kappa shape index (κ3) is 3.52. The third-order valence-corrected chi connectivity index (χ3v) is 4.11. The average Bonchev–Trinajstić information content (AvgIpc) is 2.91.